The Balaban J connectivity index is 1.89. The fraction of sp³-hybridized carbons (Fsp3) is 0.368. The van der Waals surface area contributed by atoms with Gasteiger partial charge in [-0.25, -0.2) is 8.42 Å². The predicted molar refractivity (Wildman–Crippen MR) is 95.7 cm³/mol. The normalized spacial score (nSPS) is 12.8. The SMILES string of the molecule is CCS(=O)(=O)CCCC(O)c1cccc(OCc2ccccc2)c1. The third-order valence-corrected chi connectivity index (χ3v) is 5.65. The van der Waals surface area contributed by atoms with Gasteiger partial charge in [0.1, 0.15) is 22.2 Å². The van der Waals surface area contributed by atoms with E-state index in [0.29, 0.717) is 25.2 Å². The molecule has 0 aliphatic rings. The molecule has 0 aliphatic carbocycles. The lowest BCUT2D eigenvalue weighted by Crippen LogP contribution is -2.10. The van der Waals surface area contributed by atoms with Gasteiger partial charge in [0, 0.05) is 5.75 Å². The molecule has 1 unspecified atom stereocenters. The van der Waals surface area contributed by atoms with Gasteiger partial charge >= 0.3 is 0 Å². The Morgan fingerprint density at radius 3 is 2.54 bits per heavy atom. The van der Waals surface area contributed by atoms with Gasteiger partial charge in [-0.1, -0.05) is 49.4 Å². The Labute approximate surface area is 144 Å². The average molecular weight is 348 g/mol. The van der Waals surface area contributed by atoms with Crippen molar-refractivity contribution in [2.24, 2.45) is 0 Å². The van der Waals surface area contributed by atoms with E-state index in [-0.39, 0.29) is 11.5 Å². The first kappa shape index (κ1) is 18.5. The number of aliphatic hydroxyl groups is 1. The first-order chi connectivity index (χ1) is 11.5. The van der Waals surface area contributed by atoms with Gasteiger partial charge in [-0.2, -0.15) is 0 Å². The van der Waals surface area contributed by atoms with Crippen LogP contribution in [0.25, 0.3) is 0 Å². The van der Waals surface area contributed by atoms with Gasteiger partial charge in [0.15, 0.2) is 0 Å². The molecule has 130 valence electrons. The third kappa shape index (κ3) is 5.98. The van der Waals surface area contributed by atoms with E-state index in [1.165, 1.54) is 0 Å². The van der Waals surface area contributed by atoms with Gasteiger partial charge in [0.05, 0.1) is 11.9 Å². The summed E-state index contributed by atoms with van der Waals surface area (Å²) in [6.07, 6.45) is 0.186. The molecule has 0 heterocycles. The Hall–Kier alpha value is -1.85. The lowest BCUT2D eigenvalue weighted by Gasteiger charge is -2.13. The standard InChI is InChI=1S/C19H24O4S/c1-2-24(21,22)13-7-12-19(20)17-10-6-11-18(14-17)23-15-16-8-4-3-5-9-16/h3-6,8-11,14,19-20H,2,7,12-13,15H2,1H3. The zero-order valence-electron chi connectivity index (χ0n) is 13.9. The largest absolute Gasteiger partial charge is 0.489 e. The molecule has 0 aliphatic heterocycles. The zero-order valence-corrected chi connectivity index (χ0v) is 14.7. The highest BCUT2D eigenvalue weighted by molar-refractivity contribution is 7.91. The Morgan fingerprint density at radius 1 is 1.08 bits per heavy atom. The van der Waals surface area contributed by atoms with Crippen LogP contribution in [0, 0.1) is 0 Å². The molecule has 0 radical (unpaired) electrons. The van der Waals surface area contributed by atoms with Crippen molar-refractivity contribution in [3.05, 3.63) is 65.7 Å². The second kappa shape index (κ2) is 8.85. The number of ether oxygens (including phenoxy) is 1. The quantitative estimate of drug-likeness (QED) is 0.753. The maximum atomic E-state index is 11.5. The lowest BCUT2D eigenvalue weighted by molar-refractivity contribution is 0.166. The zero-order chi connectivity index (χ0) is 17.4. The maximum Gasteiger partial charge on any atom is 0.150 e. The number of sulfone groups is 1. The summed E-state index contributed by atoms with van der Waals surface area (Å²) in [5.41, 5.74) is 1.82. The third-order valence-electron chi connectivity index (χ3n) is 3.86. The summed E-state index contributed by atoms with van der Waals surface area (Å²) in [6, 6.07) is 17.2. The second-order valence-electron chi connectivity index (χ2n) is 5.74. The number of hydrogen-bond donors (Lipinski definition) is 1. The van der Waals surface area contributed by atoms with E-state index in [0.717, 1.165) is 11.1 Å². The highest BCUT2D eigenvalue weighted by Crippen LogP contribution is 2.23. The van der Waals surface area contributed by atoms with Crippen LogP contribution in [0.1, 0.15) is 37.0 Å². The molecule has 2 aromatic rings. The lowest BCUT2D eigenvalue weighted by atomic mass is 10.1. The molecule has 2 aromatic carbocycles. The van der Waals surface area contributed by atoms with Crippen LogP contribution in [-0.4, -0.2) is 25.0 Å². The van der Waals surface area contributed by atoms with E-state index in [9.17, 15) is 13.5 Å². The summed E-state index contributed by atoms with van der Waals surface area (Å²) in [7, 11) is -2.98. The summed E-state index contributed by atoms with van der Waals surface area (Å²) >= 11 is 0. The van der Waals surface area contributed by atoms with Crippen LogP contribution in [0.5, 0.6) is 5.75 Å². The van der Waals surface area contributed by atoms with E-state index in [1.54, 1.807) is 6.92 Å². The monoisotopic (exact) mass is 348 g/mol. The van der Waals surface area contributed by atoms with Gasteiger partial charge in [-0.05, 0) is 36.1 Å². The van der Waals surface area contributed by atoms with Gasteiger partial charge < -0.3 is 9.84 Å². The van der Waals surface area contributed by atoms with Crippen LogP contribution in [0.3, 0.4) is 0 Å². The van der Waals surface area contributed by atoms with E-state index in [4.69, 9.17) is 4.74 Å². The molecule has 24 heavy (non-hydrogen) atoms. The highest BCUT2D eigenvalue weighted by Gasteiger charge is 2.12. The molecule has 4 nitrogen and oxygen atoms in total. The van der Waals surface area contributed by atoms with Crippen LogP contribution in [-0.2, 0) is 16.4 Å². The molecule has 0 fully saturated rings. The van der Waals surface area contributed by atoms with Crippen LogP contribution in [0.2, 0.25) is 0 Å². The molecule has 1 N–H and O–H groups in total. The van der Waals surface area contributed by atoms with Crippen molar-refractivity contribution in [3.8, 4) is 5.75 Å². The molecule has 0 aromatic heterocycles. The minimum Gasteiger partial charge on any atom is -0.489 e. The summed E-state index contributed by atoms with van der Waals surface area (Å²) in [5.74, 6) is 0.952. The molecule has 5 heteroatoms. The van der Waals surface area contributed by atoms with Gasteiger partial charge in [0.25, 0.3) is 0 Å². The molecular weight excluding hydrogens is 324 g/mol. The first-order valence-electron chi connectivity index (χ1n) is 8.15. The number of benzene rings is 2. The summed E-state index contributed by atoms with van der Waals surface area (Å²) in [5, 5.41) is 10.2. The molecule has 0 bridgehead atoms. The Kier molecular flexibility index (Phi) is 6.82. The van der Waals surface area contributed by atoms with Gasteiger partial charge in [-0.15, -0.1) is 0 Å². The minimum absolute atomic E-state index is 0.116. The van der Waals surface area contributed by atoms with Crippen molar-refractivity contribution in [2.75, 3.05) is 11.5 Å². The van der Waals surface area contributed by atoms with Gasteiger partial charge in [0.2, 0.25) is 0 Å². The highest BCUT2D eigenvalue weighted by atomic mass is 32.2. The minimum atomic E-state index is -2.98. The molecule has 1 atom stereocenters. The van der Waals surface area contributed by atoms with Crippen molar-refractivity contribution in [1.82, 2.24) is 0 Å². The van der Waals surface area contributed by atoms with E-state index < -0.39 is 15.9 Å². The topological polar surface area (TPSA) is 63.6 Å². The van der Waals surface area contributed by atoms with Crippen molar-refractivity contribution in [2.45, 2.75) is 32.5 Å². The van der Waals surface area contributed by atoms with E-state index in [1.807, 2.05) is 54.6 Å². The van der Waals surface area contributed by atoms with Crippen LogP contribution >= 0.6 is 0 Å². The summed E-state index contributed by atoms with van der Waals surface area (Å²) < 4.78 is 28.7. The molecule has 0 amide bonds. The first-order valence-corrected chi connectivity index (χ1v) is 9.97. The van der Waals surface area contributed by atoms with Crippen molar-refractivity contribution < 1.29 is 18.3 Å². The number of aliphatic hydroxyl groups excluding tert-OH is 1. The van der Waals surface area contributed by atoms with E-state index >= 15 is 0 Å². The fourth-order valence-corrected chi connectivity index (χ4v) is 3.26. The molecule has 0 saturated heterocycles. The van der Waals surface area contributed by atoms with Crippen molar-refractivity contribution in [1.29, 1.82) is 0 Å². The van der Waals surface area contributed by atoms with Crippen LogP contribution in [0.15, 0.2) is 54.6 Å². The average Bonchev–Trinajstić information content (AvgIpc) is 2.61. The summed E-state index contributed by atoms with van der Waals surface area (Å²) in [4.78, 5) is 0. The number of hydrogen-bond acceptors (Lipinski definition) is 4. The number of rotatable bonds is 9. The molecule has 2 rings (SSSR count). The van der Waals surface area contributed by atoms with Gasteiger partial charge in [-0.3, -0.25) is 0 Å². The Morgan fingerprint density at radius 2 is 1.83 bits per heavy atom. The van der Waals surface area contributed by atoms with E-state index in [2.05, 4.69) is 0 Å². The molecule has 0 saturated carbocycles. The second-order valence-corrected chi connectivity index (χ2v) is 8.21. The fourth-order valence-electron chi connectivity index (χ4n) is 2.36. The van der Waals surface area contributed by atoms with Crippen LogP contribution in [0.4, 0.5) is 0 Å². The van der Waals surface area contributed by atoms with Crippen LogP contribution < -0.4 is 4.74 Å². The van der Waals surface area contributed by atoms with Crippen molar-refractivity contribution in [3.63, 3.8) is 0 Å². The molecular formula is C19H24O4S. The molecule has 0 spiro atoms. The predicted octanol–water partition coefficient (Wildman–Crippen LogP) is 3.51. The summed E-state index contributed by atoms with van der Waals surface area (Å²) in [6.45, 7) is 2.11. The Bertz CT molecular complexity index is 726. The smallest absolute Gasteiger partial charge is 0.150 e. The maximum absolute atomic E-state index is 11.5. The van der Waals surface area contributed by atoms with Crippen molar-refractivity contribution >= 4 is 9.84 Å².